The molecule has 0 fully saturated rings. The second kappa shape index (κ2) is 5.57. The van der Waals surface area contributed by atoms with Crippen LogP contribution in [0, 0.1) is 0 Å². The van der Waals surface area contributed by atoms with Gasteiger partial charge in [0, 0.05) is 18.1 Å². The van der Waals surface area contributed by atoms with Crippen LogP contribution in [0.4, 0.5) is 0 Å². The standard InChI is InChI=1S/C7H12N2S2/c1-2-3-9-11-6-7-8-4-5-10-7/h4-5,9H,2-3,6H2,1H3. The van der Waals surface area contributed by atoms with Gasteiger partial charge in [-0.3, -0.25) is 4.72 Å². The van der Waals surface area contributed by atoms with E-state index in [9.17, 15) is 0 Å². The Morgan fingerprint density at radius 2 is 2.64 bits per heavy atom. The molecule has 1 aromatic heterocycles. The fraction of sp³-hybridized carbons (Fsp3) is 0.571. The zero-order valence-electron chi connectivity index (χ0n) is 6.54. The average Bonchev–Trinajstić information content (AvgIpc) is 2.50. The minimum atomic E-state index is 0.984. The van der Waals surface area contributed by atoms with Gasteiger partial charge in [0.1, 0.15) is 5.01 Å². The SMILES string of the molecule is CCCNSCc1nccs1. The number of aromatic nitrogens is 1. The predicted molar refractivity (Wildman–Crippen MR) is 51.7 cm³/mol. The summed E-state index contributed by atoms with van der Waals surface area (Å²) >= 11 is 3.44. The van der Waals surface area contributed by atoms with E-state index in [2.05, 4.69) is 16.6 Å². The average molecular weight is 188 g/mol. The van der Waals surface area contributed by atoms with E-state index in [4.69, 9.17) is 0 Å². The molecule has 0 aliphatic rings. The van der Waals surface area contributed by atoms with Crippen molar-refractivity contribution in [3.8, 4) is 0 Å². The van der Waals surface area contributed by atoms with Gasteiger partial charge in [0.25, 0.3) is 0 Å². The van der Waals surface area contributed by atoms with Crippen LogP contribution in [-0.4, -0.2) is 11.5 Å². The highest BCUT2D eigenvalue weighted by molar-refractivity contribution is 7.96. The summed E-state index contributed by atoms with van der Waals surface area (Å²) in [6, 6.07) is 0. The summed E-state index contributed by atoms with van der Waals surface area (Å²) < 4.78 is 3.26. The normalized spacial score (nSPS) is 10.3. The predicted octanol–water partition coefficient (Wildman–Crippen LogP) is 2.29. The van der Waals surface area contributed by atoms with E-state index in [0.29, 0.717) is 0 Å². The van der Waals surface area contributed by atoms with E-state index in [1.54, 1.807) is 23.3 Å². The minimum Gasteiger partial charge on any atom is -0.264 e. The van der Waals surface area contributed by atoms with Gasteiger partial charge in [-0.15, -0.1) is 11.3 Å². The number of hydrogen-bond donors (Lipinski definition) is 1. The monoisotopic (exact) mass is 188 g/mol. The summed E-state index contributed by atoms with van der Waals surface area (Å²) in [5.74, 6) is 0.984. The molecule has 4 heteroatoms. The van der Waals surface area contributed by atoms with E-state index in [1.807, 2.05) is 11.6 Å². The van der Waals surface area contributed by atoms with Gasteiger partial charge in [0.2, 0.25) is 0 Å². The number of thiazole rings is 1. The lowest BCUT2D eigenvalue weighted by Crippen LogP contribution is -2.03. The summed E-state index contributed by atoms with van der Waals surface area (Å²) in [4.78, 5) is 4.17. The Labute approximate surface area is 75.6 Å². The Kier molecular flexibility index (Phi) is 4.58. The smallest absolute Gasteiger partial charge is 0.104 e. The van der Waals surface area contributed by atoms with Gasteiger partial charge >= 0.3 is 0 Å². The zero-order chi connectivity index (χ0) is 7.94. The van der Waals surface area contributed by atoms with Crippen LogP contribution in [0.1, 0.15) is 18.4 Å². The second-order valence-corrected chi connectivity index (χ2v) is 3.95. The molecule has 2 nitrogen and oxygen atoms in total. The van der Waals surface area contributed by atoms with Gasteiger partial charge in [-0.05, 0) is 6.42 Å². The molecule has 0 spiro atoms. The van der Waals surface area contributed by atoms with Crippen molar-refractivity contribution in [3.05, 3.63) is 16.6 Å². The maximum Gasteiger partial charge on any atom is 0.104 e. The van der Waals surface area contributed by atoms with E-state index < -0.39 is 0 Å². The Morgan fingerprint density at radius 1 is 1.73 bits per heavy atom. The van der Waals surface area contributed by atoms with Gasteiger partial charge < -0.3 is 0 Å². The maximum atomic E-state index is 4.17. The lowest BCUT2D eigenvalue weighted by Gasteiger charge is -1.98. The van der Waals surface area contributed by atoms with Crippen molar-refractivity contribution in [1.29, 1.82) is 0 Å². The largest absolute Gasteiger partial charge is 0.264 e. The molecule has 0 amide bonds. The van der Waals surface area contributed by atoms with Crippen LogP contribution in [0.25, 0.3) is 0 Å². The topological polar surface area (TPSA) is 24.9 Å². The number of nitrogens with zero attached hydrogens (tertiary/aromatic N) is 1. The van der Waals surface area contributed by atoms with Gasteiger partial charge in [0.05, 0.1) is 5.75 Å². The quantitative estimate of drug-likeness (QED) is 0.567. The summed E-state index contributed by atoms with van der Waals surface area (Å²) in [5, 5.41) is 3.20. The molecule has 11 heavy (non-hydrogen) atoms. The molecule has 0 aliphatic heterocycles. The van der Waals surface area contributed by atoms with E-state index in [-0.39, 0.29) is 0 Å². The Morgan fingerprint density at radius 3 is 3.27 bits per heavy atom. The molecule has 1 heterocycles. The lowest BCUT2D eigenvalue weighted by atomic mass is 10.5. The van der Waals surface area contributed by atoms with Gasteiger partial charge in [-0.25, -0.2) is 4.98 Å². The molecule has 0 radical (unpaired) electrons. The van der Waals surface area contributed by atoms with Crippen LogP contribution in [0.2, 0.25) is 0 Å². The first-order chi connectivity index (χ1) is 5.43. The first kappa shape index (κ1) is 9.03. The maximum absolute atomic E-state index is 4.17. The van der Waals surface area contributed by atoms with E-state index >= 15 is 0 Å². The first-order valence-corrected chi connectivity index (χ1v) is 5.53. The van der Waals surface area contributed by atoms with Crippen molar-refractivity contribution in [1.82, 2.24) is 9.71 Å². The molecule has 0 aliphatic carbocycles. The number of nitrogens with one attached hydrogen (secondary N) is 1. The fourth-order valence-corrected chi connectivity index (χ4v) is 2.11. The summed E-state index contributed by atoms with van der Waals surface area (Å²) in [6.45, 7) is 3.24. The summed E-state index contributed by atoms with van der Waals surface area (Å²) in [5.41, 5.74) is 0. The van der Waals surface area contributed by atoms with Crippen LogP contribution >= 0.6 is 23.3 Å². The second-order valence-electron chi connectivity index (χ2n) is 2.11. The highest BCUT2D eigenvalue weighted by Crippen LogP contribution is 2.10. The molecule has 0 bridgehead atoms. The highest BCUT2D eigenvalue weighted by atomic mass is 32.2. The van der Waals surface area contributed by atoms with Gasteiger partial charge in [-0.2, -0.15) is 0 Å². The molecule has 1 aromatic rings. The summed E-state index contributed by atoms with van der Waals surface area (Å²) in [6.07, 6.45) is 3.03. The molecule has 0 aromatic carbocycles. The third kappa shape index (κ3) is 3.74. The Balaban J connectivity index is 2.04. The van der Waals surface area contributed by atoms with E-state index in [0.717, 1.165) is 12.3 Å². The van der Waals surface area contributed by atoms with Crippen LogP contribution < -0.4 is 4.72 Å². The van der Waals surface area contributed by atoms with E-state index in [1.165, 1.54) is 11.4 Å². The molecule has 1 N–H and O–H groups in total. The summed E-state index contributed by atoms with van der Waals surface area (Å²) in [7, 11) is 0. The molecular formula is C7H12N2S2. The van der Waals surface area contributed by atoms with Gasteiger partial charge in [0.15, 0.2) is 0 Å². The van der Waals surface area contributed by atoms with Crippen molar-refractivity contribution in [2.24, 2.45) is 0 Å². The van der Waals surface area contributed by atoms with Crippen molar-refractivity contribution in [2.75, 3.05) is 6.54 Å². The first-order valence-electron chi connectivity index (χ1n) is 3.66. The molecule has 0 atom stereocenters. The fourth-order valence-electron chi connectivity index (χ4n) is 0.611. The minimum absolute atomic E-state index is 0.984. The lowest BCUT2D eigenvalue weighted by molar-refractivity contribution is 0.877. The molecule has 62 valence electrons. The number of rotatable bonds is 5. The molecule has 0 unspecified atom stereocenters. The van der Waals surface area contributed by atoms with Crippen molar-refractivity contribution < 1.29 is 0 Å². The molecule has 0 saturated heterocycles. The molecule has 0 saturated carbocycles. The highest BCUT2D eigenvalue weighted by Gasteiger charge is 1.93. The van der Waals surface area contributed by atoms with Gasteiger partial charge in [-0.1, -0.05) is 18.9 Å². The van der Waals surface area contributed by atoms with Crippen LogP contribution in [0.15, 0.2) is 11.6 Å². The Hall–Kier alpha value is -0.0600. The van der Waals surface area contributed by atoms with Crippen molar-refractivity contribution in [2.45, 2.75) is 19.1 Å². The zero-order valence-corrected chi connectivity index (χ0v) is 8.17. The Bertz CT molecular complexity index is 175. The molecule has 1 rings (SSSR count). The van der Waals surface area contributed by atoms with Crippen LogP contribution in [0.5, 0.6) is 0 Å². The van der Waals surface area contributed by atoms with Crippen LogP contribution in [0.3, 0.4) is 0 Å². The number of hydrogen-bond acceptors (Lipinski definition) is 4. The third-order valence-electron chi connectivity index (χ3n) is 1.13. The van der Waals surface area contributed by atoms with Crippen molar-refractivity contribution in [3.63, 3.8) is 0 Å². The van der Waals surface area contributed by atoms with Crippen LogP contribution in [-0.2, 0) is 5.75 Å². The van der Waals surface area contributed by atoms with Crippen molar-refractivity contribution >= 4 is 23.3 Å². The third-order valence-corrected chi connectivity index (χ3v) is 2.92. The molecular weight excluding hydrogens is 176 g/mol.